The number of carbonyl (C=O) groups is 2. The molecule has 70 valence electrons. The van der Waals surface area contributed by atoms with Crippen LogP contribution in [0.5, 0.6) is 0 Å². The fraction of sp³-hybridized carbons (Fsp3) is 0.750. The van der Waals surface area contributed by atoms with Crippen LogP contribution in [0.3, 0.4) is 0 Å². The quantitative estimate of drug-likeness (QED) is 0.579. The molecular formula is C8H14O4. The van der Waals surface area contributed by atoms with Crippen molar-refractivity contribution in [3.05, 3.63) is 0 Å². The van der Waals surface area contributed by atoms with E-state index in [1.807, 2.05) is 0 Å². The second-order valence-electron chi connectivity index (χ2n) is 2.70. The van der Waals surface area contributed by atoms with E-state index in [1.165, 1.54) is 0 Å². The SMILES string of the molecule is O=[14C](O)CCCCCC[14C](=O)O. The minimum atomic E-state index is -0.784. The lowest BCUT2D eigenvalue weighted by Crippen LogP contribution is -1.95. The predicted octanol–water partition coefficient (Wildman–Crippen LogP) is 1.50. The lowest BCUT2D eigenvalue weighted by atomic mass is 10.2. The number of carboxylic acids is 2. The number of carboxylic acid groups (broad SMARTS) is 2. The summed E-state index contributed by atoms with van der Waals surface area (Å²) in [5.74, 6) is -1.57. The molecule has 4 heteroatoms. The van der Waals surface area contributed by atoms with Crippen molar-refractivity contribution >= 4 is 11.9 Å². The average molecular weight is 178 g/mol. The van der Waals surface area contributed by atoms with Crippen molar-refractivity contribution < 1.29 is 19.8 Å². The van der Waals surface area contributed by atoms with Crippen molar-refractivity contribution in [3.63, 3.8) is 0 Å². The van der Waals surface area contributed by atoms with Gasteiger partial charge in [0.15, 0.2) is 0 Å². The van der Waals surface area contributed by atoms with E-state index in [0.717, 1.165) is 12.8 Å². The molecule has 0 saturated heterocycles. The third-order valence-electron chi connectivity index (χ3n) is 1.53. The van der Waals surface area contributed by atoms with Crippen LogP contribution < -0.4 is 0 Å². The number of unbranched alkanes of at least 4 members (excludes halogenated alkanes) is 3. The van der Waals surface area contributed by atoms with Gasteiger partial charge in [0.25, 0.3) is 0 Å². The monoisotopic (exact) mass is 178 g/mol. The zero-order chi connectivity index (χ0) is 9.40. The molecule has 0 aromatic carbocycles. The van der Waals surface area contributed by atoms with Crippen LogP contribution in [0.25, 0.3) is 0 Å². The van der Waals surface area contributed by atoms with Gasteiger partial charge in [-0.3, -0.25) is 9.59 Å². The normalized spacial score (nSPS) is 9.67. The molecule has 0 radical (unpaired) electrons. The van der Waals surface area contributed by atoms with E-state index < -0.39 is 11.9 Å². The number of rotatable bonds is 7. The Balaban J connectivity index is 3.01. The highest BCUT2D eigenvalue weighted by Crippen LogP contribution is 2.04. The second-order valence-corrected chi connectivity index (χ2v) is 2.70. The molecule has 0 amide bonds. The molecule has 0 spiro atoms. The number of hydrogen-bond acceptors (Lipinski definition) is 2. The molecule has 0 heterocycles. The fourth-order valence-corrected chi connectivity index (χ4v) is 0.906. The number of aliphatic carboxylic acids is 2. The molecule has 0 aromatic heterocycles. The van der Waals surface area contributed by atoms with Crippen molar-refractivity contribution in [1.29, 1.82) is 0 Å². The molecule has 0 atom stereocenters. The van der Waals surface area contributed by atoms with Gasteiger partial charge in [-0.1, -0.05) is 12.8 Å². The zero-order valence-electron chi connectivity index (χ0n) is 6.95. The summed E-state index contributed by atoms with van der Waals surface area (Å²) in [6, 6.07) is 0. The number of hydrogen-bond donors (Lipinski definition) is 2. The smallest absolute Gasteiger partial charge is 0.303 e. The van der Waals surface area contributed by atoms with Gasteiger partial charge < -0.3 is 10.2 Å². The maximum atomic E-state index is 10.0. The molecule has 0 fully saturated rings. The molecule has 4 nitrogen and oxygen atoms in total. The van der Waals surface area contributed by atoms with Crippen molar-refractivity contribution in [2.24, 2.45) is 0 Å². The molecule has 0 rings (SSSR count). The molecule has 0 bridgehead atoms. The lowest BCUT2D eigenvalue weighted by Gasteiger charge is -1.96. The Bertz CT molecular complexity index is 135. The second kappa shape index (κ2) is 6.64. The van der Waals surface area contributed by atoms with Crippen LogP contribution >= 0.6 is 0 Å². The Kier molecular flexibility index (Phi) is 6.05. The highest BCUT2D eigenvalue weighted by molar-refractivity contribution is 5.66. The first-order valence-corrected chi connectivity index (χ1v) is 4.06. The van der Waals surface area contributed by atoms with Gasteiger partial charge in [0.1, 0.15) is 0 Å². The molecular weight excluding hydrogens is 164 g/mol. The summed E-state index contributed by atoms with van der Waals surface area (Å²) in [7, 11) is 0. The molecule has 0 unspecified atom stereocenters. The highest BCUT2D eigenvalue weighted by Gasteiger charge is 1.98. The first-order chi connectivity index (χ1) is 5.63. The van der Waals surface area contributed by atoms with E-state index in [-0.39, 0.29) is 12.8 Å². The van der Waals surface area contributed by atoms with Gasteiger partial charge in [-0.15, -0.1) is 0 Å². The van der Waals surface area contributed by atoms with Crippen LogP contribution in [-0.4, -0.2) is 22.2 Å². The first-order valence-electron chi connectivity index (χ1n) is 4.06. The summed E-state index contributed by atoms with van der Waals surface area (Å²) < 4.78 is 0. The molecule has 0 aromatic rings. The predicted molar refractivity (Wildman–Crippen MR) is 43.0 cm³/mol. The van der Waals surface area contributed by atoms with E-state index in [4.69, 9.17) is 10.2 Å². The van der Waals surface area contributed by atoms with Gasteiger partial charge in [0.05, 0.1) is 0 Å². The molecule has 0 aliphatic carbocycles. The Morgan fingerprint density at radius 1 is 0.750 bits per heavy atom. The molecule has 0 aliphatic rings. The third-order valence-corrected chi connectivity index (χ3v) is 1.53. The minimum Gasteiger partial charge on any atom is -0.481 e. The van der Waals surface area contributed by atoms with Gasteiger partial charge >= 0.3 is 11.9 Å². The van der Waals surface area contributed by atoms with Crippen LogP contribution in [0, 0.1) is 0 Å². The summed E-state index contributed by atoms with van der Waals surface area (Å²) in [4.78, 5) is 20.1. The van der Waals surface area contributed by atoms with E-state index >= 15 is 0 Å². The zero-order valence-corrected chi connectivity index (χ0v) is 6.95. The molecule has 0 saturated carbocycles. The lowest BCUT2D eigenvalue weighted by molar-refractivity contribution is -0.138. The van der Waals surface area contributed by atoms with Crippen molar-refractivity contribution in [2.45, 2.75) is 38.5 Å². The maximum Gasteiger partial charge on any atom is 0.303 e. The summed E-state index contributed by atoms with van der Waals surface area (Å²) >= 11 is 0. The summed E-state index contributed by atoms with van der Waals surface area (Å²) in [6.45, 7) is 0. The topological polar surface area (TPSA) is 74.6 Å². The van der Waals surface area contributed by atoms with Crippen molar-refractivity contribution in [3.8, 4) is 0 Å². The fourth-order valence-electron chi connectivity index (χ4n) is 0.906. The van der Waals surface area contributed by atoms with Crippen LogP contribution in [0.1, 0.15) is 38.5 Å². The third kappa shape index (κ3) is 8.94. The Hall–Kier alpha value is -1.06. The van der Waals surface area contributed by atoms with E-state index in [0.29, 0.717) is 12.8 Å². The first kappa shape index (κ1) is 10.9. The maximum absolute atomic E-state index is 10.0. The highest BCUT2D eigenvalue weighted by atomic mass is 16.6. The summed E-state index contributed by atoms with van der Waals surface area (Å²) in [5.41, 5.74) is 0. The summed E-state index contributed by atoms with van der Waals surface area (Å²) in [6.07, 6.45) is 3.28. The average Bonchev–Trinajstić information content (AvgIpc) is 1.95. The van der Waals surface area contributed by atoms with Crippen LogP contribution in [0.4, 0.5) is 0 Å². The largest absolute Gasteiger partial charge is 0.481 e. The van der Waals surface area contributed by atoms with Gasteiger partial charge in [-0.25, -0.2) is 0 Å². The molecule has 2 N–H and O–H groups in total. The van der Waals surface area contributed by atoms with Gasteiger partial charge in [-0.2, -0.15) is 0 Å². The van der Waals surface area contributed by atoms with E-state index in [2.05, 4.69) is 0 Å². The Morgan fingerprint density at radius 2 is 1.08 bits per heavy atom. The van der Waals surface area contributed by atoms with E-state index in [1.54, 1.807) is 0 Å². The molecule has 12 heavy (non-hydrogen) atoms. The van der Waals surface area contributed by atoms with E-state index in [9.17, 15) is 9.59 Å². The van der Waals surface area contributed by atoms with Gasteiger partial charge in [-0.05, 0) is 12.8 Å². The Labute approximate surface area is 71.2 Å². The minimum absolute atomic E-state index is 0.188. The standard InChI is InChI=1S/C8H14O4/c9-7(10)5-3-1-2-4-6-8(11)12/h1-6H2,(H,9,10)(H,11,12)/i7+2,8+2. The van der Waals surface area contributed by atoms with Gasteiger partial charge in [0, 0.05) is 12.8 Å². The summed E-state index contributed by atoms with van der Waals surface area (Å²) in [5, 5.41) is 16.5. The molecule has 0 aliphatic heterocycles. The van der Waals surface area contributed by atoms with Crippen LogP contribution in [0.2, 0.25) is 0 Å². The Morgan fingerprint density at radius 3 is 1.33 bits per heavy atom. The van der Waals surface area contributed by atoms with Crippen LogP contribution in [-0.2, 0) is 9.59 Å². The van der Waals surface area contributed by atoms with Crippen molar-refractivity contribution in [1.82, 2.24) is 0 Å². The van der Waals surface area contributed by atoms with Gasteiger partial charge in [0.2, 0.25) is 0 Å². The van der Waals surface area contributed by atoms with Crippen LogP contribution in [0.15, 0.2) is 0 Å². The van der Waals surface area contributed by atoms with Crippen molar-refractivity contribution in [2.75, 3.05) is 0 Å².